The second kappa shape index (κ2) is 8.87. The van der Waals surface area contributed by atoms with Gasteiger partial charge in [0.15, 0.2) is 17.5 Å². The van der Waals surface area contributed by atoms with Gasteiger partial charge in [0, 0.05) is 43.5 Å². The number of anilines is 2. The molecule has 1 saturated heterocycles. The van der Waals surface area contributed by atoms with E-state index >= 15 is 0 Å². The van der Waals surface area contributed by atoms with E-state index in [4.69, 9.17) is 15.2 Å². The van der Waals surface area contributed by atoms with Crippen LogP contribution in [0.2, 0.25) is 0 Å². The van der Waals surface area contributed by atoms with E-state index in [1.807, 2.05) is 18.2 Å². The summed E-state index contributed by atoms with van der Waals surface area (Å²) < 4.78 is 11.4. The quantitative estimate of drug-likeness (QED) is 0.627. The first-order chi connectivity index (χ1) is 13.8. The smallest absolute Gasteiger partial charge is 0.193 e. The molecule has 28 heavy (non-hydrogen) atoms. The molecule has 6 heteroatoms. The van der Waals surface area contributed by atoms with Crippen LogP contribution in [-0.4, -0.2) is 38.8 Å². The summed E-state index contributed by atoms with van der Waals surface area (Å²) in [5, 5.41) is 3.17. The summed E-state index contributed by atoms with van der Waals surface area (Å²) in [5.41, 5.74) is 8.28. The van der Waals surface area contributed by atoms with Crippen molar-refractivity contribution in [2.45, 2.75) is 19.3 Å². The molecule has 0 unspecified atom stereocenters. The molecule has 2 aliphatic rings. The van der Waals surface area contributed by atoms with Crippen LogP contribution in [0.1, 0.15) is 19.3 Å². The summed E-state index contributed by atoms with van der Waals surface area (Å²) in [6.45, 7) is 4.25. The van der Waals surface area contributed by atoms with E-state index in [1.54, 1.807) is 0 Å². The number of guanidine groups is 1. The number of aliphatic imine (C=N–C) groups is 1. The molecule has 0 radical (unpaired) electrons. The maximum Gasteiger partial charge on any atom is 0.193 e. The minimum atomic E-state index is 0.444. The number of nitrogens with zero attached hydrogens (tertiary/aromatic N) is 2. The molecule has 0 spiro atoms. The third-order valence-corrected chi connectivity index (χ3v) is 5.28. The number of fused-ring (bicyclic) bond motifs is 1. The van der Waals surface area contributed by atoms with E-state index in [2.05, 4.69) is 45.5 Å². The second-order valence-electron chi connectivity index (χ2n) is 7.33. The Morgan fingerprint density at radius 3 is 2.57 bits per heavy atom. The Morgan fingerprint density at radius 1 is 1.04 bits per heavy atom. The third kappa shape index (κ3) is 4.68. The standard InChI is InChI=1S/C22H28N4O2/c23-22(25-18-7-8-20-21(15-18)28-14-4-13-27-20)24-16-17-9-11-26(12-10-17)19-5-2-1-3-6-19/h1-3,5-8,15,17H,4,9-14,16H2,(H3,23,24,25). The molecular formula is C22H28N4O2. The van der Waals surface area contributed by atoms with Crippen LogP contribution in [0.15, 0.2) is 53.5 Å². The van der Waals surface area contributed by atoms with Gasteiger partial charge in [0.2, 0.25) is 0 Å². The number of hydrogen-bond acceptors (Lipinski definition) is 4. The Bertz CT molecular complexity index is 801. The van der Waals surface area contributed by atoms with Gasteiger partial charge in [-0.3, -0.25) is 4.99 Å². The molecule has 0 bridgehead atoms. The summed E-state index contributed by atoms with van der Waals surface area (Å²) in [4.78, 5) is 7.01. The Balaban J connectivity index is 1.28. The molecule has 0 amide bonds. The zero-order valence-corrected chi connectivity index (χ0v) is 16.1. The fourth-order valence-corrected chi connectivity index (χ4v) is 3.67. The molecular weight excluding hydrogens is 352 g/mol. The molecule has 0 saturated carbocycles. The minimum absolute atomic E-state index is 0.444. The summed E-state index contributed by atoms with van der Waals surface area (Å²) in [7, 11) is 0. The number of piperidine rings is 1. The molecule has 0 aromatic heterocycles. The summed E-state index contributed by atoms with van der Waals surface area (Å²) in [5.74, 6) is 2.55. The second-order valence-corrected chi connectivity index (χ2v) is 7.33. The molecule has 2 aromatic carbocycles. The van der Waals surface area contributed by atoms with Crippen LogP contribution in [0.3, 0.4) is 0 Å². The van der Waals surface area contributed by atoms with Gasteiger partial charge in [0.05, 0.1) is 13.2 Å². The van der Waals surface area contributed by atoms with Crippen molar-refractivity contribution < 1.29 is 9.47 Å². The highest BCUT2D eigenvalue weighted by Crippen LogP contribution is 2.32. The van der Waals surface area contributed by atoms with Gasteiger partial charge in [0.25, 0.3) is 0 Å². The number of para-hydroxylation sites is 1. The number of ether oxygens (including phenoxy) is 2. The summed E-state index contributed by atoms with van der Waals surface area (Å²) in [6, 6.07) is 16.4. The Hall–Kier alpha value is -2.89. The van der Waals surface area contributed by atoms with E-state index in [9.17, 15) is 0 Å². The molecule has 2 aliphatic heterocycles. The lowest BCUT2D eigenvalue weighted by Crippen LogP contribution is -2.35. The van der Waals surface area contributed by atoms with Gasteiger partial charge < -0.3 is 25.4 Å². The first kappa shape index (κ1) is 18.5. The summed E-state index contributed by atoms with van der Waals surface area (Å²) in [6.07, 6.45) is 3.16. The fourth-order valence-electron chi connectivity index (χ4n) is 3.67. The van der Waals surface area contributed by atoms with E-state index in [0.29, 0.717) is 25.1 Å². The van der Waals surface area contributed by atoms with Gasteiger partial charge >= 0.3 is 0 Å². The molecule has 148 valence electrons. The van der Waals surface area contributed by atoms with Gasteiger partial charge in [-0.1, -0.05) is 18.2 Å². The van der Waals surface area contributed by atoms with Crippen LogP contribution in [0.25, 0.3) is 0 Å². The predicted molar refractivity (Wildman–Crippen MR) is 114 cm³/mol. The average Bonchev–Trinajstić information content (AvgIpc) is 2.98. The van der Waals surface area contributed by atoms with E-state index in [-0.39, 0.29) is 0 Å². The minimum Gasteiger partial charge on any atom is -0.490 e. The molecule has 0 aliphatic carbocycles. The molecule has 6 nitrogen and oxygen atoms in total. The maximum atomic E-state index is 6.10. The van der Waals surface area contributed by atoms with Crippen molar-refractivity contribution >= 4 is 17.3 Å². The van der Waals surface area contributed by atoms with Crippen molar-refractivity contribution in [2.75, 3.05) is 43.1 Å². The molecule has 0 atom stereocenters. The highest BCUT2D eigenvalue weighted by molar-refractivity contribution is 5.92. The molecule has 1 fully saturated rings. The number of rotatable bonds is 4. The largest absolute Gasteiger partial charge is 0.490 e. The average molecular weight is 380 g/mol. The number of nitrogens with one attached hydrogen (secondary N) is 1. The van der Waals surface area contributed by atoms with Crippen molar-refractivity contribution in [3.63, 3.8) is 0 Å². The van der Waals surface area contributed by atoms with Crippen LogP contribution in [-0.2, 0) is 0 Å². The highest BCUT2D eigenvalue weighted by Gasteiger charge is 2.19. The fraction of sp³-hybridized carbons (Fsp3) is 0.409. The topological polar surface area (TPSA) is 72.1 Å². The lowest BCUT2D eigenvalue weighted by molar-refractivity contribution is 0.297. The molecule has 3 N–H and O–H groups in total. The Labute approximate surface area is 166 Å². The van der Waals surface area contributed by atoms with Gasteiger partial charge in [-0.15, -0.1) is 0 Å². The van der Waals surface area contributed by atoms with Crippen molar-refractivity contribution in [2.24, 2.45) is 16.6 Å². The monoisotopic (exact) mass is 380 g/mol. The summed E-state index contributed by atoms with van der Waals surface area (Å²) >= 11 is 0. The van der Waals surface area contributed by atoms with Gasteiger partial charge in [0.1, 0.15) is 0 Å². The number of benzene rings is 2. The van der Waals surface area contributed by atoms with E-state index in [0.717, 1.165) is 56.1 Å². The maximum absolute atomic E-state index is 6.10. The van der Waals surface area contributed by atoms with Crippen LogP contribution in [0.5, 0.6) is 11.5 Å². The van der Waals surface area contributed by atoms with Crippen LogP contribution in [0.4, 0.5) is 11.4 Å². The van der Waals surface area contributed by atoms with Crippen molar-refractivity contribution in [1.29, 1.82) is 0 Å². The third-order valence-electron chi connectivity index (χ3n) is 5.28. The zero-order chi connectivity index (χ0) is 19.2. The van der Waals surface area contributed by atoms with Crippen molar-refractivity contribution in [3.05, 3.63) is 48.5 Å². The van der Waals surface area contributed by atoms with Crippen LogP contribution >= 0.6 is 0 Å². The molecule has 4 rings (SSSR count). The first-order valence-electron chi connectivity index (χ1n) is 10.0. The predicted octanol–water partition coefficient (Wildman–Crippen LogP) is 3.49. The van der Waals surface area contributed by atoms with Gasteiger partial charge in [-0.2, -0.15) is 0 Å². The van der Waals surface area contributed by atoms with Gasteiger partial charge in [-0.05, 0) is 43.0 Å². The van der Waals surface area contributed by atoms with E-state index in [1.165, 1.54) is 5.69 Å². The lowest BCUT2D eigenvalue weighted by Gasteiger charge is -2.33. The zero-order valence-electron chi connectivity index (χ0n) is 16.1. The Kier molecular flexibility index (Phi) is 5.85. The molecule has 2 aromatic rings. The Morgan fingerprint density at radius 2 is 1.79 bits per heavy atom. The lowest BCUT2D eigenvalue weighted by atomic mass is 9.96. The highest BCUT2D eigenvalue weighted by atomic mass is 16.5. The van der Waals surface area contributed by atoms with Crippen molar-refractivity contribution in [1.82, 2.24) is 0 Å². The molecule has 2 heterocycles. The number of nitrogens with two attached hydrogens (primary N) is 1. The number of hydrogen-bond donors (Lipinski definition) is 2. The normalized spacial score (nSPS) is 17.9. The van der Waals surface area contributed by atoms with Gasteiger partial charge in [-0.25, -0.2) is 0 Å². The SMILES string of the molecule is NC(=NCC1CCN(c2ccccc2)CC1)Nc1ccc2c(c1)OCCCO2. The van der Waals surface area contributed by atoms with Crippen LogP contribution in [0, 0.1) is 5.92 Å². The first-order valence-corrected chi connectivity index (χ1v) is 10.0. The van der Waals surface area contributed by atoms with E-state index < -0.39 is 0 Å². The van der Waals surface area contributed by atoms with Crippen molar-refractivity contribution in [3.8, 4) is 11.5 Å². The van der Waals surface area contributed by atoms with Crippen LogP contribution < -0.4 is 25.4 Å².